The van der Waals surface area contributed by atoms with Crippen LogP contribution in [0.4, 0.5) is 25.0 Å². The summed E-state index contributed by atoms with van der Waals surface area (Å²) in [7, 11) is -8.04. The van der Waals surface area contributed by atoms with Crippen LogP contribution in [0.5, 0.6) is 5.75 Å². The van der Waals surface area contributed by atoms with Crippen LogP contribution < -0.4 is 19.1 Å². The third-order valence-electron chi connectivity index (χ3n) is 5.76. The molecule has 2 N–H and O–H groups in total. The highest BCUT2D eigenvalue weighted by atomic mass is 32.2. The van der Waals surface area contributed by atoms with Gasteiger partial charge in [0, 0.05) is 12.2 Å². The van der Waals surface area contributed by atoms with Gasteiger partial charge in [-0.3, -0.25) is 9.62 Å². The van der Waals surface area contributed by atoms with Crippen LogP contribution in [0.3, 0.4) is 0 Å². The standard InChI is InChI=1S/C22H29F2N5O7S2/c1-13-19(11-25-29(13)20(23)24)38(33,34)28-12-15(10-26-37(31,32)16-6-7-16)35-18-8-5-14(9-17(18)28)27-21(30)36-22(2,3)4/h5,8-9,11,15-16,20,26H,6-7,10,12H2,1-4H3,(H,27,30). The number of alkyl halides is 2. The number of carbonyl (C=O) groups excluding carboxylic acids is 1. The molecule has 12 nitrogen and oxygen atoms in total. The number of hydrogen-bond acceptors (Lipinski definition) is 8. The molecule has 1 fully saturated rings. The van der Waals surface area contributed by atoms with Crippen molar-refractivity contribution in [2.24, 2.45) is 0 Å². The molecular weight excluding hydrogens is 548 g/mol. The number of halogens is 2. The van der Waals surface area contributed by atoms with Crippen molar-refractivity contribution >= 4 is 37.5 Å². The van der Waals surface area contributed by atoms with Gasteiger partial charge in [0.25, 0.3) is 10.0 Å². The molecule has 1 atom stereocenters. The topological polar surface area (TPSA) is 149 Å². The summed E-state index contributed by atoms with van der Waals surface area (Å²) < 4.78 is 93.4. The zero-order valence-corrected chi connectivity index (χ0v) is 22.8. The zero-order valence-electron chi connectivity index (χ0n) is 21.1. The molecule has 1 aromatic heterocycles. The highest BCUT2D eigenvalue weighted by molar-refractivity contribution is 7.93. The molecule has 2 heterocycles. The molecule has 0 bridgehead atoms. The Labute approximate surface area is 219 Å². The fraction of sp³-hybridized carbons (Fsp3) is 0.545. The molecular formula is C22H29F2N5O7S2. The first-order valence-corrected chi connectivity index (χ1v) is 14.7. The molecule has 4 rings (SSSR count). The summed E-state index contributed by atoms with van der Waals surface area (Å²) in [5.41, 5.74) is -0.846. The zero-order chi connectivity index (χ0) is 28.0. The maximum Gasteiger partial charge on any atom is 0.412 e. The van der Waals surface area contributed by atoms with Gasteiger partial charge in [0.1, 0.15) is 22.4 Å². The number of amides is 1. The Hall–Kier alpha value is -2.98. The minimum Gasteiger partial charge on any atom is -0.485 e. The quantitative estimate of drug-likeness (QED) is 0.487. The molecule has 0 spiro atoms. The number of fused-ring (bicyclic) bond motifs is 1. The van der Waals surface area contributed by atoms with Crippen LogP contribution in [0.2, 0.25) is 0 Å². The second kappa shape index (κ2) is 9.96. The van der Waals surface area contributed by atoms with E-state index in [1.807, 2.05) is 0 Å². The maximum atomic E-state index is 13.7. The van der Waals surface area contributed by atoms with Gasteiger partial charge < -0.3 is 9.47 Å². The summed E-state index contributed by atoms with van der Waals surface area (Å²) in [6.45, 7) is 2.65. The molecule has 2 aliphatic rings. The van der Waals surface area contributed by atoms with Crippen molar-refractivity contribution in [3.05, 3.63) is 30.1 Å². The van der Waals surface area contributed by atoms with E-state index in [4.69, 9.17) is 9.47 Å². The van der Waals surface area contributed by atoms with Gasteiger partial charge in [0.2, 0.25) is 10.0 Å². The number of sulfonamides is 2. The van der Waals surface area contributed by atoms with E-state index >= 15 is 0 Å². The lowest BCUT2D eigenvalue weighted by atomic mass is 10.2. The molecule has 38 heavy (non-hydrogen) atoms. The second-order valence-electron chi connectivity index (χ2n) is 9.99. The summed E-state index contributed by atoms with van der Waals surface area (Å²) >= 11 is 0. The fourth-order valence-electron chi connectivity index (χ4n) is 3.83. The van der Waals surface area contributed by atoms with Gasteiger partial charge in [-0.05, 0) is 58.7 Å². The largest absolute Gasteiger partial charge is 0.485 e. The summed E-state index contributed by atoms with van der Waals surface area (Å²) in [5, 5.41) is 5.54. The molecule has 2 aromatic rings. The van der Waals surface area contributed by atoms with E-state index < -0.39 is 54.5 Å². The SMILES string of the molecule is Cc1c(S(=O)(=O)N2CC(CNS(=O)(=O)C3CC3)Oc3ccc(NC(=O)OC(C)(C)C)cc32)cnn1C(F)F. The molecule has 0 radical (unpaired) electrons. The highest BCUT2D eigenvalue weighted by Gasteiger charge is 2.40. The third-order valence-corrected chi connectivity index (χ3v) is 9.56. The monoisotopic (exact) mass is 577 g/mol. The van der Waals surface area contributed by atoms with Crippen molar-refractivity contribution < 1.29 is 39.9 Å². The van der Waals surface area contributed by atoms with E-state index in [0.29, 0.717) is 12.8 Å². The molecule has 210 valence electrons. The Morgan fingerprint density at radius 2 is 1.92 bits per heavy atom. The predicted molar refractivity (Wildman–Crippen MR) is 133 cm³/mol. The minimum atomic E-state index is -4.47. The average Bonchev–Trinajstić information content (AvgIpc) is 3.58. The van der Waals surface area contributed by atoms with E-state index in [1.54, 1.807) is 20.8 Å². The summed E-state index contributed by atoms with van der Waals surface area (Å²) in [5.74, 6) is 0.0871. The van der Waals surface area contributed by atoms with Gasteiger partial charge in [0.15, 0.2) is 0 Å². The van der Waals surface area contributed by atoms with Crippen molar-refractivity contribution in [1.29, 1.82) is 0 Å². The number of aromatic nitrogens is 2. The van der Waals surface area contributed by atoms with E-state index in [-0.39, 0.29) is 40.6 Å². The lowest BCUT2D eigenvalue weighted by Crippen LogP contribution is -2.48. The van der Waals surface area contributed by atoms with Crippen molar-refractivity contribution in [2.75, 3.05) is 22.7 Å². The first kappa shape index (κ1) is 28.0. The third kappa shape index (κ3) is 6.02. The van der Waals surface area contributed by atoms with Crippen LogP contribution in [0.25, 0.3) is 0 Å². The molecule has 16 heteroatoms. The highest BCUT2D eigenvalue weighted by Crippen LogP contribution is 2.40. The Morgan fingerprint density at radius 3 is 2.50 bits per heavy atom. The number of carbonyl (C=O) groups is 1. The Morgan fingerprint density at radius 1 is 1.24 bits per heavy atom. The van der Waals surface area contributed by atoms with Crippen LogP contribution in [0.1, 0.15) is 45.9 Å². The second-order valence-corrected chi connectivity index (χ2v) is 13.9. The number of rotatable bonds is 8. The van der Waals surface area contributed by atoms with E-state index in [2.05, 4.69) is 15.1 Å². The number of ether oxygens (including phenoxy) is 2. The van der Waals surface area contributed by atoms with Crippen LogP contribution in [-0.2, 0) is 24.8 Å². The summed E-state index contributed by atoms with van der Waals surface area (Å²) in [4.78, 5) is 11.8. The number of nitrogens with zero attached hydrogens (tertiary/aromatic N) is 3. The van der Waals surface area contributed by atoms with Crippen molar-refractivity contribution in [3.8, 4) is 5.75 Å². The van der Waals surface area contributed by atoms with Gasteiger partial charge in [-0.15, -0.1) is 0 Å². The van der Waals surface area contributed by atoms with E-state index in [1.165, 1.54) is 25.1 Å². The molecule has 0 saturated heterocycles. The number of nitrogens with one attached hydrogen (secondary N) is 2. The number of hydrogen-bond donors (Lipinski definition) is 2. The smallest absolute Gasteiger partial charge is 0.412 e. The first-order chi connectivity index (χ1) is 17.6. The van der Waals surface area contributed by atoms with Crippen LogP contribution in [0, 0.1) is 6.92 Å². The van der Waals surface area contributed by atoms with Crippen LogP contribution in [-0.4, -0.2) is 62.8 Å². The number of benzene rings is 1. The van der Waals surface area contributed by atoms with Crippen LogP contribution >= 0.6 is 0 Å². The maximum absolute atomic E-state index is 13.7. The lowest BCUT2D eigenvalue weighted by Gasteiger charge is -2.35. The predicted octanol–water partition coefficient (Wildman–Crippen LogP) is 2.97. The summed E-state index contributed by atoms with van der Waals surface area (Å²) in [6.07, 6.45) is 0.223. The van der Waals surface area contributed by atoms with Gasteiger partial charge in [-0.2, -0.15) is 13.9 Å². The molecule has 1 aromatic carbocycles. The Bertz CT molecular complexity index is 1430. The normalized spacial score (nSPS) is 18.2. The van der Waals surface area contributed by atoms with Gasteiger partial charge >= 0.3 is 12.6 Å². The molecule has 1 aliphatic heterocycles. The van der Waals surface area contributed by atoms with E-state index in [0.717, 1.165) is 10.5 Å². The molecule has 1 unspecified atom stereocenters. The molecule has 1 aliphatic carbocycles. The van der Waals surface area contributed by atoms with Crippen LogP contribution in [0.15, 0.2) is 29.3 Å². The number of anilines is 2. The average molecular weight is 578 g/mol. The fourth-order valence-corrected chi connectivity index (χ4v) is 6.89. The first-order valence-electron chi connectivity index (χ1n) is 11.7. The molecule has 1 amide bonds. The lowest BCUT2D eigenvalue weighted by molar-refractivity contribution is 0.0540. The Kier molecular flexibility index (Phi) is 7.35. The Balaban J connectivity index is 1.68. The minimum absolute atomic E-state index is 0.0176. The van der Waals surface area contributed by atoms with E-state index in [9.17, 15) is 30.4 Å². The summed E-state index contributed by atoms with van der Waals surface area (Å²) in [6, 6.07) is 4.22. The van der Waals surface area contributed by atoms with Gasteiger partial charge in [-0.1, -0.05) is 0 Å². The van der Waals surface area contributed by atoms with Crippen molar-refractivity contribution in [2.45, 2.75) is 68.9 Å². The van der Waals surface area contributed by atoms with Gasteiger partial charge in [0.05, 0.1) is 29.4 Å². The van der Waals surface area contributed by atoms with Crippen molar-refractivity contribution in [1.82, 2.24) is 14.5 Å². The van der Waals surface area contributed by atoms with Crippen molar-refractivity contribution in [3.63, 3.8) is 0 Å². The van der Waals surface area contributed by atoms with Gasteiger partial charge in [-0.25, -0.2) is 31.0 Å². The molecule has 1 saturated carbocycles.